The minimum atomic E-state index is -1.06. The van der Waals surface area contributed by atoms with Crippen molar-refractivity contribution >= 4 is 28.2 Å². The fraction of sp³-hybridized carbons (Fsp3) is 0.444. The Balaban J connectivity index is 1.42. The molecule has 4 N–H and O–H groups in total. The molecule has 4 atom stereocenters. The summed E-state index contributed by atoms with van der Waals surface area (Å²) in [5.41, 5.74) is 10.2. The molecule has 1 spiro atoms. The molecule has 0 unspecified atom stereocenters. The average Bonchev–Trinajstić information content (AvgIpc) is 3.55. The number of nitrogen functional groups attached to an aromatic ring is 1. The topological polar surface area (TPSA) is 91.8 Å². The first-order chi connectivity index (χ1) is 16.4. The smallest absolute Gasteiger partial charge is 0.166 e. The van der Waals surface area contributed by atoms with Gasteiger partial charge in [-0.1, -0.05) is 17.7 Å². The van der Waals surface area contributed by atoms with E-state index in [1.165, 1.54) is 18.4 Å². The fourth-order valence-corrected chi connectivity index (χ4v) is 7.81. The molecule has 8 rings (SSSR count). The van der Waals surface area contributed by atoms with Crippen molar-refractivity contribution in [1.29, 1.82) is 0 Å². The number of phenols is 1. The van der Waals surface area contributed by atoms with Gasteiger partial charge in [0.25, 0.3) is 0 Å². The highest BCUT2D eigenvalue weighted by atomic mass is 35.5. The van der Waals surface area contributed by atoms with Crippen LogP contribution in [0.3, 0.4) is 0 Å². The number of halogens is 1. The van der Waals surface area contributed by atoms with Crippen LogP contribution in [0.5, 0.6) is 11.5 Å². The Morgan fingerprint density at radius 1 is 1.24 bits per heavy atom. The van der Waals surface area contributed by atoms with Crippen molar-refractivity contribution in [3.8, 4) is 11.5 Å². The number of likely N-dealkylation sites (tertiary alicyclic amines) is 1. The molecule has 1 saturated carbocycles. The lowest BCUT2D eigenvalue weighted by atomic mass is 9.48. The fourth-order valence-electron chi connectivity index (χ4n) is 7.65. The van der Waals surface area contributed by atoms with Crippen molar-refractivity contribution < 1.29 is 14.9 Å². The van der Waals surface area contributed by atoms with E-state index in [1.807, 2.05) is 24.3 Å². The summed E-state index contributed by atoms with van der Waals surface area (Å²) in [6.45, 7) is 1.94. The maximum Gasteiger partial charge on any atom is 0.166 e. The van der Waals surface area contributed by atoms with Gasteiger partial charge in [-0.3, -0.25) is 4.90 Å². The molecule has 0 radical (unpaired) electrons. The van der Waals surface area contributed by atoms with Crippen molar-refractivity contribution in [3.05, 3.63) is 57.7 Å². The van der Waals surface area contributed by atoms with E-state index in [1.54, 1.807) is 6.07 Å². The molecule has 5 aliphatic rings. The lowest BCUT2D eigenvalue weighted by Crippen LogP contribution is -2.74. The normalized spacial score (nSPS) is 32.9. The van der Waals surface area contributed by atoms with Crippen LogP contribution in [-0.2, 0) is 18.3 Å². The third-order valence-corrected chi connectivity index (χ3v) is 9.57. The van der Waals surface area contributed by atoms with Crippen LogP contribution in [-0.4, -0.2) is 44.8 Å². The van der Waals surface area contributed by atoms with Crippen LogP contribution in [0.1, 0.15) is 47.8 Å². The molecule has 3 aromatic rings. The number of ether oxygens (including phenoxy) is 1. The predicted octanol–water partition coefficient (Wildman–Crippen LogP) is 3.88. The Hall–Kier alpha value is -2.54. The molecule has 34 heavy (non-hydrogen) atoms. The number of hydrogen-bond acceptors (Lipinski definition) is 6. The molecule has 2 aliphatic heterocycles. The van der Waals surface area contributed by atoms with Crippen molar-refractivity contribution in [3.63, 3.8) is 0 Å². The highest BCUT2D eigenvalue weighted by Crippen LogP contribution is 2.69. The van der Waals surface area contributed by atoms with Crippen LogP contribution in [0.25, 0.3) is 10.9 Å². The molecular formula is C27H26ClN3O3. The highest BCUT2D eigenvalue weighted by molar-refractivity contribution is 6.31. The van der Waals surface area contributed by atoms with Crippen LogP contribution in [0.2, 0.25) is 5.02 Å². The molecule has 2 bridgehead atoms. The highest BCUT2D eigenvalue weighted by Gasteiger charge is 2.73. The number of benzene rings is 2. The van der Waals surface area contributed by atoms with E-state index in [0.717, 1.165) is 59.6 Å². The van der Waals surface area contributed by atoms with Crippen molar-refractivity contribution in [2.45, 2.75) is 55.3 Å². The monoisotopic (exact) mass is 475 g/mol. The summed E-state index contributed by atoms with van der Waals surface area (Å²) in [6.07, 6.45) is 3.99. The second-order valence-corrected chi connectivity index (χ2v) is 11.4. The van der Waals surface area contributed by atoms with Gasteiger partial charge in [0.2, 0.25) is 0 Å². The van der Waals surface area contributed by atoms with E-state index in [9.17, 15) is 10.2 Å². The number of rotatable bonds is 2. The summed E-state index contributed by atoms with van der Waals surface area (Å²) in [5, 5.41) is 25.0. The summed E-state index contributed by atoms with van der Waals surface area (Å²) in [7, 11) is 0. The van der Waals surface area contributed by atoms with Crippen LogP contribution >= 0.6 is 11.6 Å². The number of anilines is 1. The van der Waals surface area contributed by atoms with Crippen molar-refractivity contribution in [2.24, 2.45) is 5.92 Å². The number of pyridine rings is 1. The number of aromatic hydroxyl groups is 1. The van der Waals surface area contributed by atoms with Gasteiger partial charge in [-0.05, 0) is 68.0 Å². The summed E-state index contributed by atoms with van der Waals surface area (Å²) < 4.78 is 6.58. The van der Waals surface area contributed by atoms with Crippen LogP contribution < -0.4 is 10.5 Å². The first kappa shape index (κ1) is 19.7. The largest absolute Gasteiger partial charge is 0.504 e. The Kier molecular flexibility index (Phi) is 3.58. The Morgan fingerprint density at radius 3 is 2.91 bits per heavy atom. The van der Waals surface area contributed by atoms with Gasteiger partial charge in [-0.15, -0.1) is 0 Å². The van der Waals surface area contributed by atoms with E-state index >= 15 is 0 Å². The molecule has 1 saturated heterocycles. The standard InChI is InChI=1S/C27H26ClN3O3/c28-15-4-5-16-18(10-15)30-23-17(22(16)29)11-27(33)20-9-14-3-6-19(32)24-21(14)26(27,25(23)34-24)7-8-31(20)12-13-1-2-13/h3-6,10,13,20,25,32-33H,1-2,7-9,11-12H2,(H2,29,30)/t20-,25+,26+,27-/m1/s1. The third kappa shape index (κ3) is 2.19. The zero-order chi connectivity index (χ0) is 23.0. The first-order valence-electron chi connectivity index (χ1n) is 12.3. The molecule has 1 aromatic heterocycles. The van der Waals surface area contributed by atoms with E-state index in [2.05, 4.69) is 4.90 Å². The second-order valence-electron chi connectivity index (χ2n) is 11.0. The number of fused-ring (bicyclic) bond motifs is 3. The molecule has 7 heteroatoms. The lowest BCUT2D eigenvalue weighted by molar-refractivity contribution is -0.173. The van der Waals surface area contributed by atoms with Gasteiger partial charge in [-0.2, -0.15) is 0 Å². The average molecular weight is 476 g/mol. The zero-order valence-corrected chi connectivity index (χ0v) is 19.5. The van der Waals surface area contributed by atoms with Crippen LogP contribution in [0, 0.1) is 5.92 Å². The lowest BCUT2D eigenvalue weighted by Gasteiger charge is -2.63. The van der Waals surface area contributed by atoms with Gasteiger partial charge in [0, 0.05) is 46.2 Å². The SMILES string of the molecule is Nc1c2c(nc3cc(Cl)ccc13)[C@@H]1Oc3c(O)ccc4c3[C@@]13CCN(CC1CC1)[C@H](C4)[C@]3(O)C2. The summed E-state index contributed by atoms with van der Waals surface area (Å²) in [5.74, 6) is 1.37. The quantitative estimate of drug-likeness (QED) is 0.521. The van der Waals surface area contributed by atoms with Gasteiger partial charge in [-0.25, -0.2) is 4.98 Å². The van der Waals surface area contributed by atoms with E-state index < -0.39 is 17.1 Å². The molecule has 2 aromatic carbocycles. The number of nitrogens with zero attached hydrogens (tertiary/aromatic N) is 2. The maximum absolute atomic E-state index is 12.8. The number of hydrogen-bond donors (Lipinski definition) is 3. The third-order valence-electron chi connectivity index (χ3n) is 9.33. The van der Waals surface area contributed by atoms with Crippen LogP contribution in [0.4, 0.5) is 5.69 Å². The van der Waals surface area contributed by atoms with Gasteiger partial charge in [0.1, 0.15) is 0 Å². The van der Waals surface area contributed by atoms with Crippen molar-refractivity contribution in [2.75, 3.05) is 18.8 Å². The molecule has 2 fully saturated rings. The Bertz CT molecular complexity index is 1420. The zero-order valence-electron chi connectivity index (χ0n) is 18.7. The summed E-state index contributed by atoms with van der Waals surface area (Å²) in [4.78, 5) is 7.55. The van der Waals surface area contributed by atoms with Gasteiger partial charge in [0.15, 0.2) is 17.6 Å². The Morgan fingerprint density at radius 2 is 2.09 bits per heavy atom. The van der Waals surface area contributed by atoms with E-state index in [4.69, 9.17) is 27.1 Å². The maximum atomic E-state index is 12.8. The van der Waals surface area contributed by atoms with Crippen molar-refractivity contribution in [1.82, 2.24) is 9.88 Å². The molecule has 3 heterocycles. The van der Waals surface area contributed by atoms with E-state index in [0.29, 0.717) is 22.9 Å². The number of aliphatic hydroxyl groups is 1. The summed E-state index contributed by atoms with van der Waals surface area (Å²) in [6, 6.07) is 9.29. The Labute approximate surface area is 202 Å². The van der Waals surface area contributed by atoms with Gasteiger partial charge in [0.05, 0.1) is 22.2 Å². The van der Waals surface area contributed by atoms with Gasteiger partial charge < -0.3 is 20.7 Å². The second kappa shape index (κ2) is 6.17. The minimum Gasteiger partial charge on any atom is -0.504 e. The number of nitrogens with two attached hydrogens (primary N) is 1. The minimum absolute atomic E-state index is 0.0237. The molecule has 6 nitrogen and oxygen atoms in total. The summed E-state index contributed by atoms with van der Waals surface area (Å²) >= 11 is 6.29. The molecule has 3 aliphatic carbocycles. The van der Waals surface area contributed by atoms with E-state index in [-0.39, 0.29) is 11.8 Å². The number of phenolic OH excluding ortho intramolecular Hbond substituents is 1. The number of aromatic nitrogens is 1. The van der Waals surface area contributed by atoms with Crippen LogP contribution in [0.15, 0.2) is 30.3 Å². The predicted molar refractivity (Wildman–Crippen MR) is 129 cm³/mol. The van der Waals surface area contributed by atoms with Gasteiger partial charge >= 0.3 is 0 Å². The molecule has 0 amide bonds. The molecule has 174 valence electrons. The molecular weight excluding hydrogens is 450 g/mol. The first-order valence-corrected chi connectivity index (χ1v) is 12.6. The number of piperidine rings is 1.